The molecule has 0 bridgehead atoms. The van der Waals surface area contributed by atoms with Gasteiger partial charge in [-0.25, -0.2) is 0 Å². The van der Waals surface area contributed by atoms with E-state index < -0.39 is 6.10 Å². The number of nitrogens with one attached hydrogen (secondary N) is 1. The summed E-state index contributed by atoms with van der Waals surface area (Å²) in [5.74, 6) is -0.411. The van der Waals surface area contributed by atoms with Crippen LogP contribution in [0.4, 0.5) is 5.69 Å². The number of morpholine rings is 1. The van der Waals surface area contributed by atoms with Crippen LogP contribution in [-0.4, -0.2) is 52.1 Å². The summed E-state index contributed by atoms with van der Waals surface area (Å²) in [7, 11) is 0. The summed E-state index contributed by atoms with van der Waals surface area (Å²) < 4.78 is 9.29. The van der Waals surface area contributed by atoms with Crippen LogP contribution in [0.1, 0.15) is 15.4 Å². The van der Waals surface area contributed by atoms with E-state index in [4.69, 9.17) is 4.74 Å². The van der Waals surface area contributed by atoms with E-state index in [9.17, 15) is 9.59 Å². The Morgan fingerprint density at radius 1 is 1.35 bits per heavy atom. The van der Waals surface area contributed by atoms with Gasteiger partial charge in [0.15, 0.2) is 6.10 Å². The van der Waals surface area contributed by atoms with Gasteiger partial charge in [0, 0.05) is 12.2 Å². The molecule has 1 saturated heterocycles. The molecule has 0 unspecified atom stereocenters. The lowest BCUT2D eigenvalue weighted by molar-refractivity contribution is -0.131. The number of aryl methyl sites for hydroxylation is 1. The van der Waals surface area contributed by atoms with Crippen LogP contribution < -0.4 is 5.32 Å². The fourth-order valence-corrected chi connectivity index (χ4v) is 2.93. The highest BCUT2D eigenvalue weighted by Crippen LogP contribution is 2.16. The van der Waals surface area contributed by atoms with Crippen molar-refractivity contribution in [3.63, 3.8) is 0 Å². The number of aromatic nitrogens is 2. The largest absolute Gasteiger partial charge is 0.365 e. The van der Waals surface area contributed by atoms with E-state index in [0.717, 1.165) is 11.5 Å². The number of benzene rings is 1. The van der Waals surface area contributed by atoms with Gasteiger partial charge in [-0.1, -0.05) is 22.7 Å². The number of carbonyl (C=O) groups is 2. The highest BCUT2D eigenvalue weighted by atomic mass is 32.1. The van der Waals surface area contributed by atoms with Crippen LogP contribution in [0.3, 0.4) is 0 Å². The molecule has 2 heterocycles. The number of hydrogen-bond acceptors (Lipinski definition) is 6. The lowest BCUT2D eigenvalue weighted by Gasteiger charge is -2.31. The van der Waals surface area contributed by atoms with Crippen molar-refractivity contribution in [3.05, 3.63) is 40.9 Å². The van der Waals surface area contributed by atoms with Gasteiger partial charge in [0.25, 0.3) is 11.8 Å². The van der Waals surface area contributed by atoms with E-state index in [1.807, 2.05) is 18.2 Å². The Morgan fingerprint density at radius 2 is 2.13 bits per heavy atom. The molecule has 1 aromatic heterocycles. The lowest BCUT2D eigenvalue weighted by Crippen LogP contribution is -2.50. The highest BCUT2D eigenvalue weighted by molar-refractivity contribution is 7.07. The van der Waals surface area contributed by atoms with Gasteiger partial charge < -0.3 is 15.0 Å². The molecule has 3 rings (SSSR count). The Bertz CT molecular complexity index is 704. The standard InChI is InChI=1S/C15H16N4O3S/c1-10-13(23-18-17-10)15(21)19-7-8-22-12(9-19)14(20)16-11-5-3-2-4-6-11/h2-6,12H,7-9H2,1H3,(H,16,20)/t12-/m0/s1. The van der Waals surface area contributed by atoms with Crippen molar-refractivity contribution in [3.8, 4) is 0 Å². The Hall–Kier alpha value is -2.32. The topological polar surface area (TPSA) is 84.4 Å². The molecule has 1 fully saturated rings. The monoisotopic (exact) mass is 332 g/mol. The highest BCUT2D eigenvalue weighted by Gasteiger charge is 2.31. The van der Waals surface area contributed by atoms with Crippen molar-refractivity contribution in [1.29, 1.82) is 0 Å². The van der Waals surface area contributed by atoms with Crippen molar-refractivity contribution in [2.75, 3.05) is 25.0 Å². The number of carbonyl (C=O) groups excluding carboxylic acids is 2. The number of rotatable bonds is 3. The fourth-order valence-electron chi connectivity index (χ4n) is 2.31. The minimum atomic E-state index is -0.686. The van der Waals surface area contributed by atoms with Gasteiger partial charge in [-0.2, -0.15) is 0 Å². The minimum absolute atomic E-state index is 0.154. The number of ether oxygens (including phenoxy) is 1. The molecule has 2 aromatic rings. The molecule has 1 atom stereocenters. The summed E-state index contributed by atoms with van der Waals surface area (Å²) in [6.07, 6.45) is -0.686. The van der Waals surface area contributed by atoms with Gasteiger partial charge in [-0.3, -0.25) is 9.59 Å². The average molecular weight is 332 g/mol. The second kappa shape index (κ2) is 6.84. The van der Waals surface area contributed by atoms with Crippen LogP contribution in [-0.2, 0) is 9.53 Å². The van der Waals surface area contributed by atoms with Crippen molar-refractivity contribution < 1.29 is 14.3 Å². The number of amides is 2. The zero-order valence-electron chi connectivity index (χ0n) is 12.6. The van der Waals surface area contributed by atoms with Crippen LogP contribution >= 0.6 is 11.5 Å². The molecule has 0 spiro atoms. The summed E-state index contributed by atoms with van der Waals surface area (Å²) in [6, 6.07) is 9.16. The normalized spacial score (nSPS) is 17.8. The molecule has 8 heteroatoms. The Balaban J connectivity index is 1.65. The first-order chi connectivity index (χ1) is 11.1. The van der Waals surface area contributed by atoms with Crippen molar-refractivity contribution >= 4 is 29.0 Å². The summed E-state index contributed by atoms with van der Waals surface area (Å²) in [4.78, 5) is 26.9. The molecule has 120 valence electrons. The maximum atomic E-state index is 12.5. The van der Waals surface area contributed by atoms with Crippen LogP contribution in [0.15, 0.2) is 30.3 Å². The van der Waals surface area contributed by atoms with Crippen LogP contribution in [0.5, 0.6) is 0 Å². The number of para-hydroxylation sites is 1. The van der Waals surface area contributed by atoms with Gasteiger partial charge in [0.2, 0.25) is 0 Å². The third-order valence-electron chi connectivity index (χ3n) is 3.53. The Morgan fingerprint density at radius 3 is 2.83 bits per heavy atom. The van der Waals surface area contributed by atoms with E-state index in [2.05, 4.69) is 14.9 Å². The van der Waals surface area contributed by atoms with Crippen molar-refractivity contribution in [1.82, 2.24) is 14.5 Å². The molecule has 0 aliphatic carbocycles. The van der Waals surface area contributed by atoms with Crippen LogP contribution in [0, 0.1) is 6.92 Å². The maximum absolute atomic E-state index is 12.5. The number of hydrogen-bond donors (Lipinski definition) is 1. The van der Waals surface area contributed by atoms with Gasteiger partial charge in [0.05, 0.1) is 18.8 Å². The van der Waals surface area contributed by atoms with E-state index in [0.29, 0.717) is 29.4 Å². The number of anilines is 1. The summed E-state index contributed by atoms with van der Waals surface area (Å²) in [6.45, 7) is 2.74. The Labute approximate surface area is 137 Å². The molecule has 1 aliphatic rings. The SMILES string of the molecule is Cc1nnsc1C(=O)N1CCO[C@H](C(=O)Nc2ccccc2)C1. The third kappa shape index (κ3) is 3.54. The van der Waals surface area contributed by atoms with Crippen molar-refractivity contribution in [2.24, 2.45) is 0 Å². The predicted octanol–water partition coefficient (Wildman–Crippen LogP) is 1.33. The summed E-state index contributed by atoms with van der Waals surface area (Å²) in [5.41, 5.74) is 1.31. The van der Waals surface area contributed by atoms with E-state index >= 15 is 0 Å². The molecule has 0 saturated carbocycles. The zero-order valence-corrected chi connectivity index (χ0v) is 13.4. The first-order valence-electron chi connectivity index (χ1n) is 7.21. The minimum Gasteiger partial charge on any atom is -0.365 e. The van der Waals surface area contributed by atoms with Crippen LogP contribution in [0.25, 0.3) is 0 Å². The third-order valence-corrected chi connectivity index (χ3v) is 4.35. The molecule has 1 aromatic carbocycles. The molecule has 1 N–H and O–H groups in total. The molecule has 1 aliphatic heterocycles. The first-order valence-corrected chi connectivity index (χ1v) is 7.98. The van der Waals surface area contributed by atoms with E-state index in [1.165, 1.54) is 0 Å². The Kier molecular flexibility index (Phi) is 4.63. The smallest absolute Gasteiger partial charge is 0.267 e. The molecule has 7 nitrogen and oxygen atoms in total. The molecule has 23 heavy (non-hydrogen) atoms. The first kappa shape index (κ1) is 15.6. The summed E-state index contributed by atoms with van der Waals surface area (Å²) >= 11 is 1.07. The molecule has 0 radical (unpaired) electrons. The zero-order chi connectivity index (χ0) is 16.2. The van der Waals surface area contributed by atoms with Gasteiger partial charge in [-0.15, -0.1) is 5.10 Å². The van der Waals surface area contributed by atoms with Gasteiger partial charge >= 0.3 is 0 Å². The van der Waals surface area contributed by atoms with Crippen molar-refractivity contribution in [2.45, 2.75) is 13.0 Å². The molecular weight excluding hydrogens is 316 g/mol. The van der Waals surface area contributed by atoms with E-state index in [1.54, 1.807) is 24.0 Å². The maximum Gasteiger partial charge on any atom is 0.267 e. The second-order valence-electron chi connectivity index (χ2n) is 5.15. The fraction of sp³-hybridized carbons (Fsp3) is 0.333. The van der Waals surface area contributed by atoms with Crippen LogP contribution in [0.2, 0.25) is 0 Å². The predicted molar refractivity (Wildman–Crippen MR) is 85.4 cm³/mol. The second-order valence-corrected chi connectivity index (χ2v) is 5.91. The average Bonchev–Trinajstić information content (AvgIpc) is 3.01. The number of nitrogens with zero attached hydrogens (tertiary/aromatic N) is 3. The molecular formula is C15H16N4O3S. The van der Waals surface area contributed by atoms with Gasteiger partial charge in [-0.05, 0) is 30.6 Å². The molecule has 2 amide bonds. The summed E-state index contributed by atoms with van der Waals surface area (Å²) in [5, 5.41) is 6.65. The lowest BCUT2D eigenvalue weighted by atomic mass is 10.2. The quantitative estimate of drug-likeness (QED) is 0.916. The van der Waals surface area contributed by atoms with E-state index in [-0.39, 0.29) is 18.4 Å². The van der Waals surface area contributed by atoms with Gasteiger partial charge in [0.1, 0.15) is 4.88 Å².